The first-order valence-electron chi connectivity index (χ1n) is 14.9. The average molecular weight is 531 g/mol. The van der Waals surface area contributed by atoms with Gasteiger partial charge in [-0.25, -0.2) is 0 Å². The number of ether oxygens (including phenoxy) is 1. The third-order valence-corrected chi connectivity index (χ3v) is 13.7. The molecule has 0 aromatic heterocycles. The Labute approximate surface area is 228 Å². The van der Waals surface area contributed by atoms with Crippen LogP contribution in [0.3, 0.4) is 0 Å². The fourth-order valence-electron chi connectivity index (χ4n) is 11.3. The number of esters is 1. The Morgan fingerprint density at radius 2 is 1.63 bits per heavy atom. The summed E-state index contributed by atoms with van der Waals surface area (Å²) in [7, 11) is 0. The molecular weight excluding hydrogens is 480 g/mol. The zero-order chi connectivity index (χ0) is 28.3. The summed E-state index contributed by atoms with van der Waals surface area (Å²) in [4.78, 5) is 24.9. The van der Waals surface area contributed by atoms with Crippen LogP contribution in [0.4, 0.5) is 0 Å². The second kappa shape index (κ2) is 8.31. The minimum absolute atomic E-state index is 0.0344. The predicted octanol–water partition coefficient (Wildman–Crippen LogP) is 5.75. The van der Waals surface area contributed by atoms with Crippen LogP contribution >= 0.6 is 0 Å². The molecule has 0 amide bonds. The Morgan fingerprint density at radius 1 is 0.974 bits per heavy atom. The molecule has 0 spiro atoms. The normalized spacial score (nSPS) is 53.4. The van der Waals surface area contributed by atoms with Gasteiger partial charge >= 0.3 is 11.9 Å². The lowest BCUT2D eigenvalue weighted by molar-refractivity contribution is -0.241. The number of hydrogen-bond acceptors (Lipinski definition) is 5. The largest absolute Gasteiger partial charge is 0.481 e. The number of aliphatic hydroxyl groups excluding tert-OH is 1. The van der Waals surface area contributed by atoms with Gasteiger partial charge in [0, 0.05) is 12.8 Å². The van der Waals surface area contributed by atoms with Gasteiger partial charge in [0.25, 0.3) is 0 Å². The Bertz CT molecular complexity index is 1060. The molecule has 4 fully saturated rings. The predicted molar refractivity (Wildman–Crippen MR) is 145 cm³/mol. The van der Waals surface area contributed by atoms with E-state index in [-0.39, 0.29) is 34.1 Å². The van der Waals surface area contributed by atoms with Crippen molar-refractivity contribution in [3.63, 3.8) is 0 Å². The molecule has 6 nitrogen and oxygen atoms in total. The number of allylic oxidation sites excluding steroid dienone is 1. The Kier molecular flexibility index (Phi) is 6.16. The lowest BCUT2D eigenvalue weighted by atomic mass is 9.33. The van der Waals surface area contributed by atoms with Crippen LogP contribution in [0, 0.1) is 50.7 Å². The first-order chi connectivity index (χ1) is 17.4. The topological polar surface area (TPSA) is 104 Å². The molecule has 5 aliphatic carbocycles. The van der Waals surface area contributed by atoms with Crippen molar-refractivity contribution in [2.45, 2.75) is 125 Å². The monoisotopic (exact) mass is 530 g/mol. The summed E-state index contributed by atoms with van der Waals surface area (Å²) in [6, 6.07) is 0. The molecule has 5 aliphatic rings. The highest BCUT2D eigenvalue weighted by Gasteiger charge is 2.72. The Hall–Kier alpha value is -1.40. The summed E-state index contributed by atoms with van der Waals surface area (Å²) in [5, 5.41) is 33.9. The molecule has 5 rings (SSSR count). The van der Waals surface area contributed by atoms with Crippen LogP contribution in [0.2, 0.25) is 0 Å². The summed E-state index contributed by atoms with van der Waals surface area (Å²) in [5.41, 5.74) is -1.68. The van der Waals surface area contributed by atoms with E-state index in [1.54, 1.807) is 0 Å². The fraction of sp³-hybridized carbons (Fsp3) is 0.875. The number of aliphatic hydroxyl groups is 2. The minimum atomic E-state index is -1.08. The highest BCUT2D eigenvalue weighted by molar-refractivity contribution is 5.77. The highest BCUT2D eigenvalue weighted by atomic mass is 16.6. The number of carboxylic acids is 1. The van der Waals surface area contributed by atoms with E-state index in [1.807, 2.05) is 6.92 Å². The van der Waals surface area contributed by atoms with Crippen LogP contribution in [-0.4, -0.2) is 45.1 Å². The van der Waals surface area contributed by atoms with Crippen molar-refractivity contribution in [3.05, 3.63) is 11.6 Å². The second-order valence-electron chi connectivity index (χ2n) is 15.5. The molecule has 0 unspecified atom stereocenters. The number of carboxylic acid groups (broad SMARTS) is 1. The van der Waals surface area contributed by atoms with Crippen LogP contribution in [0.25, 0.3) is 0 Å². The molecule has 0 aromatic rings. The summed E-state index contributed by atoms with van der Waals surface area (Å²) in [6.45, 7) is 16.8. The van der Waals surface area contributed by atoms with E-state index >= 15 is 0 Å². The maximum atomic E-state index is 12.9. The van der Waals surface area contributed by atoms with Gasteiger partial charge in [-0.1, -0.05) is 53.2 Å². The van der Waals surface area contributed by atoms with Gasteiger partial charge in [0.1, 0.15) is 6.10 Å². The van der Waals surface area contributed by atoms with Crippen molar-refractivity contribution >= 4 is 11.9 Å². The van der Waals surface area contributed by atoms with Gasteiger partial charge < -0.3 is 20.1 Å². The third-order valence-electron chi connectivity index (χ3n) is 13.7. The Balaban J connectivity index is 1.63. The standard InChI is InChI=1S/C32H50O6/c1-18-11-14-32(26(35)36)16-15-29(6)20(24(32)31(18,8)37)9-10-23-28(5)17-21(38-19(2)33)25(34)27(3,4)22(28)12-13-30(23,29)7/h9,18,21-25,34,37H,10-17H2,1-8H3,(H,35,36)/t18-,21-,22-,23-,24-,25+,28+,29-,30-,31-,32+/m1/s1. The molecular formula is C32H50O6. The van der Waals surface area contributed by atoms with Crippen molar-refractivity contribution < 1.29 is 29.6 Å². The van der Waals surface area contributed by atoms with Gasteiger partial charge in [-0.2, -0.15) is 0 Å². The number of fused-ring (bicyclic) bond motifs is 7. The van der Waals surface area contributed by atoms with Crippen molar-refractivity contribution in [1.29, 1.82) is 0 Å². The maximum Gasteiger partial charge on any atom is 0.310 e. The molecule has 11 atom stereocenters. The number of aliphatic carboxylic acids is 1. The number of rotatable bonds is 2. The second-order valence-corrected chi connectivity index (χ2v) is 15.5. The zero-order valence-electron chi connectivity index (χ0n) is 24.8. The first-order valence-corrected chi connectivity index (χ1v) is 14.9. The van der Waals surface area contributed by atoms with E-state index in [4.69, 9.17) is 4.74 Å². The summed E-state index contributed by atoms with van der Waals surface area (Å²) in [6.07, 6.45) is 7.28. The van der Waals surface area contributed by atoms with Crippen LogP contribution in [-0.2, 0) is 14.3 Å². The molecule has 6 heteroatoms. The van der Waals surface area contributed by atoms with Crippen LogP contribution in [0.1, 0.15) is 107 Å². The molecule has 0 heterocycles. The lowest BCUT2D eigenvalue weighted by Gasteiger charge is -2.72. The SMILES string of the molecule is CC(=O)O[C@@H]1C[C@@]2(C)[C@H](CC[C@]3(C)[C@@H]2CC=C2[C@H]4[C@](C(=O)O)(CC[C@@H](C)[C@@]4(C)O)CC[C@]23C)C(C)(C)[C@H]1O. The number of hydrogen-bond donors (Lipinski definition) is 3. The van der Waals surface area contributed by atoms with Gasteiger partial charge in [0.15, 0.2) is 0 Å². The van der Waals surface area contributed by atoms with Crippen LogP contribution in [0.15, 0.2) is 11.6 Å². The minimum Gasteiger partial charge on any atom is -0.481 e. The average Bonchev–Trinajstić information content (AvgIpc) is 2.79. The van der Waals surface area contributed by atoms with E-state index in [0.717, 1.165) is 32.1 Å². The van der Waals surface area contributed by atoms with Gasteiger partial charge in [0.2, 0.25) is 0 Å². The number of carbonyl (C=O) groups excluding carboxylic acids is 1. The van der Waals surface area contributed by atoms with E-state index < -0.39 is 40.5 Å². The molecule has 4 saturated carbocycles. The van der Waals surface area contributed by atoms with Crippen molar-refractivity contribution in [1.82, 2.24) is 0 Å². The molecule has 38 heavy (non-hydrogen) atoms. The van der Waals surface area contributed by atoms with E-state index in [1.165, 1.54) is 12.5 Å². The zero-order valence-corrected chi connectivity index (χ0v) is 24.8. The fourth-order valence-corrected chi connectivity index (χ4v) is 11.3. The molecule has 0 aromatic carbocycles. The Morgan fingerprint density at radius 3 is 2.24 bits per heavy atom. The van der Waals surface area contributed by atoms with Gasteiger partial charge in [-0.05, 0) is 97.7 Å². The van der Waals surface area contributed by atoms with Gasteiger partial charge in [-0.3, -0.25) is 9.59 Å². The maximum absolute atomic E-state index is 12.9. The molecule has 214 valence electrons. The van der Waals surface area contributed by atoms with Gasteiger partial charge in [-0.15, -0.1) is 0 Å². The molecule has 0 radical (unpaired) electrons. The molecule has 0 saturated heterocycles. The first kappa shape index (κ1) is 28.1. The number of carbonyl (C=O) groups is 2. The van der Waals surface area contributed by atoms with Crippen LogP contribution < -0.4 is 0 Å². The lowest BCUT2D eigenvalue weighted by Crippen LogP contribution is -2.69. The smallest absolute Gasteiger partial charge is 0.310 e. The summed E-state index contributed by atoms with van der Waals surface area (Å²) in [5.74, 6) is -0.880. The summed E-state index contributed by atoms with van der Waals surface area (Å²) < 4.78 is 5.74. The summed E-state index contributed by atoms with van der Waals surface area (Å²) >= 11 is 0. The molecule has 0 bridgehead atoms. The highest BCUT2D eigenvalue weighted by Crippen LogP contribution is 2.76. The van der Waals surface area contributed by atoms with Crippen molar-refractivity contribution in [2.75, 3.05) is 0 Å². The van der Waals surface area contributed by atoms with Crippen LogP contribution in [0.5, 0.6) is 0 Å². The van der Waals surface area contributed by atoms with E-state index in [2.05, 4.69) is 47.6 Å². The third kappa shape index (κ3) is 3.31. The molecule has 0 aliphatic heterocycles. The molecule has 3 N–H and O–H groups in total. The van der Waals surface area contributed by atoms with Crippen molar-refractivity contribution in [2.24, 2.45) is 50.7 Å². The van der Waals surface area contributed by atoms with Gasteiger partial charge in [0.05, 0.1) is 17.1 Å². The van der Waals surface area contributed by atoms with Crippen molar-refractivity contribution in [3.8, 4) is 0 Å². The van der Waals surface area contributed by atoms with E-state index in [0.29, 0.717) is 25.2 Å². The van der Waals surface area contributed by atoms with E-state index in [9.17, 15) is 24.9 Å². The quantitative estimate of drug-likeness (QED) is 0.310.